The van der Waals surface area contributed by atoms with E-state index in [1.54, 1.807) is 6.07 Å². The third-order valence-corrected chi connectivity index (χ3v) is 23.1. The number of hydrogen-bond acceptors (Lipinski definition) is 0. The van der Waals surface area contributed by atoms with Gasteiger partial charge in [-0.15, -0.1) is 0 Å². The van der Waals surface area contributed by atoms with Crippen LogP contribution in [0.2, 0.25) is 0 Å². The maximum absolute atomic E-state index is 14.2. The van der Waals surface area contributed by atoms with Crippen molar-refractivity contribution in [1.29, 1.82) is 0 Å². The van der Waals surface area contributed by atoms with E-state index in [1.165, 1.54) is 166 Å². The van der Waals surface area contributed by atoms with Crippen LogP contribution in [0.4, 0.5) is 13.2 Å². The molecule has 0 aliphatic heterocycles. The van der Waals surface area contributed by atoms with E-state index in [2.05, 4.69) is 414 Å². The normalized spacial score (nSPS) is 10.6. The Morgan fingerprint density at radius 3 is 0.794 bits per heavy atom. The highest BCUT2D eigenvalue weighted by molar-refractivity contribution is 5.85. The Balaban J connectivity index is 0.000000158. The molecule has 0 amide bonds. The monoisotopic (exact) mass is 1730 g/mol. The summed E-state index contributed by atoms with van der Waals surface area (Å²) in [4.78, 5) is 0. The molecule has 0 fully saturated rings. The van der Waals surface area contributed by atoms with Crippen molar-refractivity contribution in [2.75, 3.05) is 0 Å². The molecule has 17 rings (SSSR count). The Labute approximate surface area is 783 Å². The maximum atomic E-state index is 14.2. The number of aryl methyl sites for hydroxylation is 4. The molecule has 131 heavy (non-hydrogen) atoms. The van der Waals surface area contributed by atoms with E-state index < -0.39 is 11.6 Å². The van der Waals surface area contributed by atoms with Crippen LogP contribution in [0.25, 0.3) is 100 Å². The minimum absolute atomic E-state index is 0.0645. The zero-order valence-corrected chi connectivity index (χ0v) is 80.4. The van der Waals surface area contributed by atoms with Crippen molar-refractivity contribution in [1.82, 2.24) is 0 Å². The molecule has 666 valence electrons. The predicted octanol–water partition coefficient (Wildman–Crippen LogP) is 37.2. The van der Waals surface area contributed by atoms with Gasteiger partial charge in [0.2, 0.25) is 0 Å². The van der Waals surface area contributed by atoms with Crippen LogP contribution in [0.1, 0.15) is 153 Å². The SMILES string of the molecule is Cc1c(-c2ccccc2)cc(-c2ccccc2)cc1-c1ccccc1.Cc1c(C(C)C)cc(-c2ccccc2)cc1C(C)C.Cc1c(F)cc(-c2ccccc2)cc1-c1ccccc1.Cc1c(F)cc(-c2ccccc2)cc1F.Cc1cc(-c2ccccc2)cc(-c2ccccc2)c1.Cc1ccc(CC(C)C)cc1.Cc1cccc(CC(C)C)c1.Cc1ccccc1CC(C)C. The molecule has 17 aromatic carbocycles. The van der Waals surface area contributed by atoms with Crippen LogP contribution < -0.4 is 0 Å². The van der Waals surface area contributed by atoms with E-state index in [9.17, 15) is 13.2 Å². The zero-order chi connectivity index (χ0) is 93.7. The van der Waals surface area contributed by atoms with E-state index in [0.717, 1.165) is 45.6 Å². The predicted molar refractivity (Wildman–Crippen MR) is 562 cm³/mol. The Morgan fingerprint density at radius 1 is 0.183 bits per heavy atom. The van der Waals surface area contributed by atoms with Crippen LogP contribution in [-0.2, 0) is 19.3 Å². The lowest BCUT2D eigenvalue weighted by Gasteiger charge is -2.19. The molecule has 0 nitrogen and oxygen atoms in total. The Hall–Kier alpha value is -13.5. The van der Waals surface area contributed by atoms with Gasteiger partial charge in [-0.25, -0.2) is 13.2 Å². The van der Waals surface area contributed by atoms with E-state index in [0.29, 0.717) is 23.0 Å². The second kappa shape index (κ2) is 51.1. The molecule has 0 atom stereocenters. The summed E-state index contributed by atoms with van der Waals surface area (Å²) in [6.45, 7) is 39.0. The van der Waals surface area contributed by atoms with Crippen LogP contribution in [0.5, 0.6) is 0 Å². The topological polar surface area (TPSA) is 0 Å². The first-order chi connectivity index (χ1) is 63.2. The van der Waals surface area contributed by atoms with Gasteiger partial charge in [0, 0.05) is 5.56 Å². The molecule has 17 aromatic rings. The van der Waals surface area contributed by atoms with Crippen molar-refractivity contribution >= 4 is 0 Å². The molecule has 0 spiro atoms. The average molecular weight is 1730 g/mol. The zero-order valence-electron chi connectivity index (χ0n) is 80.4. The van der Waals surface area contributed by atoms with Gasteiger partial charge in [-0.1, -0.05) is 450 Å². The van der Waals surface area contributed by atoms with Crippen molar-refractivity contribution in [3.63, 3.8) is 0 Å². The molecular weight excluding hydrogens is 1590 g/mol. The van der Waals surface area contributed by atoms with Crippen LogP contribution in [0, 0.1) is 90.6 Å². The third kappa shape index (κ3) is 31.1. The summed E-state index contributed by atoms with van der Waals surface area (Å²) in [7, 11) is 0. The highest BCUT2D eigenvalue weighted by Crippen LogP contribution is 2.39. The van der Waals surface area contributed by atoms with E-state index >= 15 is 0 Å². The molecule has 0 saturated heterocycles. The third-order valence-electron chi connectivity index (χ3n) is 23.1. The fraction of sp³-hybridized carbons (Fsp3) is 0.203. The van der Waals surface area contributed by atoms with Crippen molar-refractivity contribution in [2.24, 2.45) is 17.8 Å². The number of hydrogen-bond donors (Lipinski definition) is 0. The molecule has 3 heteroatoms. The lowest BCUT2D eigenvalue weighted by atomic mass is 9.86. The molecule has 0 bridgehead atoms. The summed E-state index contributed by atoms with van der Waals surface area (Å²) < 4.78 is 40.8. The summed E-state index contributed by atoms with van der Waals surface area (Å²) >= 11 is 0. The van der Waals surface area contributed by atoms with E-state index in [-0.39, 0.29) is 11.4 Å². The molecule has 0 aliphatic carbocycles. The molecule has 0 aromatic heterocycles. The van der Waals surface area contributed by atoms with Crippen molar-refractivity contribution in [3.05, 3.63) is 502 Å². The standard InChI is InChI=1S/C25H20.C19H15F.C19H16.C19H24.C13H10F2.3C11H16/c1-19-24(21-13-7-3-8-14-21)17-23(20-11-5-2-6-12-20)18-25(19)22-15-9-4-10-16-22;1-14-18(16-10-6-3-7-11-16)12-17(13-19(14)20)15-8-4-2-5-9-15;1-15-12-18(16-8-4-2-5-9-16)14-19(13-15)17-10-6-3-7-11-17;1-13(2)18-11-17(16-9-7-6-8-10-16)12-19(14(3)4)15(18)5;1-9-12(14)7-11(8-13(9)15)10-5-3-2-4-6-10;1-9(2)8-11-6-4-10(3)5-7-11;1-9(2)7-11-6-4-5-10(3)8-11;1-9(2)8-11-7-5-4-6-10(11)3/h2-18H,1H3;2-13H,1H3;2-14H,1H3;6-14H,1-5H3;2-8H,1H3;4-7,9H,8H2,1-3H3;4-6,8-9H,7H2,1-3H3;4-7,9H,8H2,1-3H3. The first kappa shape index (κ1) is 99.7. The first-order valence-electron chi connectivity index (χ1n) is 46.5. The van der Waals surface area contributed by atoms with E-state index in [1.807, 2.05) is 97.9 Å². The summed E-state index contributed by atoms with van der Waals surface area (Å²) in [5.41, 5.74) is 37.0. The van der Waals surface area contributed by atoms with Crippen LogP contribution in [-0.4, -0.2) is 0 Å². The smallest absolute Gasteiger partial charge is 0.129 e. The van der Waals surface area contributed by atoms with Gasteiger partial charge >= 0.3 is 0 Å². The van der Waals surface area contributed by atoms with Gasteiger partial charge < -0.3 is 0 Å². The van der Waals surface area contributed by atoms with Gasteiger partial charge in [0.15, 0.2) is 0 Å². The van der Waals surface area contributed by atoms with Gasteiger partial charge in [0.25, 0.3) is 0 Å². The molecule has 0 unspecified atom stereocenters. The van der Waals surface area contributed by atoms with Gasteiger partial charge in [-0.05, 0) is 302 Å². The van der Waals surface area contributed by atoms with Gasteiger partial charge in [-0.3, -0.25) is 0 Å². The van der Waals surface area contributed by atoms with Crippen molar-refractivity contribution in [3.8, 4) is 100 Å². The lowest BCUT2D eigenvalue weighted by molar-refractivity contribution is 0.569. The summed E-state index contributed by atoms with van der Waals surface area (Å²) in [5, 5.41) is 0. The molecule has 0 aliphatic rings. The van der Waals surface area contributed by atoms with Gasteiger partial charge in [0.1, 0.15) is 17.5 Å². The maximum Gasteiger partial charge on any atom is 0.129 e. The molecular formula is C128H133F3. The fourth-order valence-corrected chi connectivity index (χ4v) is 16.1. The largest absolute Gasteiger partial charge is 0.207 e. The van der Waals surface area contributed by atoms with Crippen molar-refractivity contribution < 1.29 is 13.2 Å². The second-order valence-corrected chi connectivity index (χ2v) is 36.1. The van der Waals surface area contributed by atoms with Crippen LogP contribution in [0.15, 0.2) is 413 Å². The van der Waals surface area contributed by atoms with Crippen LogP contribution >= 0.6 is 0 Å². The Bertz CT molecular complexity index is 6090. The van der Waals surface area contributed by atoms with Crippen LogP contribution in [0.3, 0.4) is 0 Å². The second-order valence-electron chi connectivity index (χ2n) is 36.1. The molecule has 0 N–H and O–H groups in total. The Kier molecular flexibility index (Phi) is 38.9. The summed E-state index contributed by atoms with van der Waals surface area (Å²) in [6.07, 6.45) is 3.59. The highest BCUT2D eigenvalue weighted by Gasteiger charge is 2.17. The average Bonchev–Trinajstić information content (AvgIpc) is 0.788. The van der Waals surface area contributed by atoms with E-state index in [4.69, 9.17) is 0 Å². The number of rotatable bonds is 17. The lowest BCUT2D eigenvalue weighted by Crippen LogP contribution is -2.00. The Morgan fingerprint density at radius 2 is 0.466 bits per heavy atom. The first-order valence-corrected chi connectivity index (χ1v) is 46.5. The minimum Gasteiger partial charge on any atom is -0.207 e. The fourth-order valence-electron chi connectivity index (χ4n) is 16.1. The molecule has 0 heterocycles. The summed E-state index contributed by atoms with van der Waals surface area (Å²) in [6, 6.07) is 141. The van der Waals surface area contributed by atoms with Crippen molar-refractivity contribution in [2.45, 2.75) is 156 Å². The number of benzene rings is 17. The molecule has 0 radical (unpaired) electrons. The van der Waals surface area contributed by atoms with Gasteiger partial charge in [0.05, 0.1) is 0 Å². The van der Waals surface area contributed by atoms with Gasteiger partial charge in [-0.2, -0.15) is 0 Å². The quantitative estimate of drug-likeness (QED) is 0.0852. The number of halogens is 3. The summed E-state index contributed by atoms with van der Waals surface area (Å²) in [5.74, 6) is 2.25. The molecule has 0 saturated carbocycles. The minimum atomic E-state index is -0.506. The highest BCUT2D eigenvalue weighted by atomic mass is 19.1.